The molecule has 0 aliphatic heterocycles. The average Bonchev–Trinajstić information content (AvgIpc) is 2.79. The Morgan fingerprint density at radius 1 is 1.37 bits per heavy atom. The van der Waals surface area contributed by atoms with E-state index in [9.17, 15) is 5.11 Å². The van der Waals surface area contributed by atoms with Crippen molar-refractivity contribution < 1.29 is 5.11 Å². The van der Waals surface area contributed by atoms with Gasteiger partial charge in [-0.05, 0) is 12.8 Å². The Balaban J connectivity index is 1.95. The van der Waals surface area contributed by atoms with Gasteiger partial charge in [-0.3, -0.25) is 4.68 Å². The van der Waals surface area contributed by atoms with Crippen molar-refractivity contribution >= 4 is 28.3 Å². The fraction of sp³-hybridized carbons (Fsp3) is 0.583. The van der Waals surface area contributed by atoms with Crippen LogP contribution in [0, 0.1) is 0 Å². The molecule has 1 aliphatic rings. The highest BCUT2D eigenvalue weighted by Crippen LogP contribution is 2.28. The predicted octanol–water partition coefficient (Wildman–Crippen LogP) is 1.73. The minimum Gasteiger partial charge on any atom is -0.391 e. The topological polar surface area (TPSA) is 75.9 Å². The summed E-state index contributed by atoms with van der Waals surface area (Å²) in [6, 6.07) is 0.0210. The van der Waals surface area contributed by atoms with Crippen LogP contribution in [0.3, 0.4) is 0 Å². The summed E-state index contributed by atoms with van der Waals surface area (Å²) in [5.74, 6) is 0.637. The molecular formula is C12H16ClN5O. The van der Waals surface area contributed by atoms with Crippen molar-refractivity contribution in [2.24, 2.45) is 7.05 Å². The summed E-state index contributed by atoms with van der Waals surface area (Å²) in [7, 11) is 1.81. The van der Waals surface area contributed by atoms with Crippen LogP contribution in [0.2, 0.25) is 5.15 Å². The summed E-state index contributed by atoms with van der Waals surface area (Å²) < 4.78 is 1.68. The number of nitrogens with one attached hydrogen (secondary N) is 1. The molecule has 2 aromatic heterocycles. The summed E-state index contributed by atoms with van der Waals surface area (Å²) in [6.45, 7) is 0. The van der Waals surface area contributed by atoms with Crippen molar-refractivity contribution in [3.8, 4) is 0 Å². The third-order valence-electron chi connectivity index (χ3n) is 3.68. The molecule has 2 atom stereocenters. The molecule has 2 N–H and O–H groups in total. The van der Waals surface area contributed by atoms with Gasteiger partial charge in [-0.2, -0.15) is 5.10 Å². The third kappa shape index (κ3) is 2.26. The second-order valence-corrected chi connectivity index (χ2v) is 5.33. The number of aliphatic hydroxyl groups is 1. The zero-order valence-corrected chi connectivity index (χ0v) is 11.4. The molecule has 2 aromatic rings. The van der Waals surface area contributed by atoms with Crippen molar-refractivity contribution in [1.82, 2.24) is 20.0 Å². The van der Waals surface area contributed by atoms with Crippen molar-refractivity contribution in [2.45, 2.75) is 37.8 Å². The van der Waals surface area contributed by atoms with Crippen LogP contribution in [-0.4, -0.2) is 37.2 Å². The number of aliphatic hydroxyl groups excluding tert-OH is 1. The van der Waals surface area contributed by atoms with Crippen LogP contribution in [0.15, 0.2) is 6.20 Å². The molecule has 0 saturated heterocycles. The number of aromatic nitrogens is 4. The highest BCUT2D eigenvalue weighted by molar-refractivity contribution is 6.34. The lowest BCUT2D eigenvalue weighted by atomic mass is 9.92. The molecule has 0 unspecified atom stereocenters. The molecule has 6 nitrogen and oxygen atoms in total. The molecular weight excluding hydrogens is 266 g/mol. The summed E-state index contributed by atoms with van der Waals surface area (Å²) in [5, 5.41) is 26.7. The van der Waals surface area contributed by atoms with E-state index in [4.69, 9.17) is 11.6 Å². The van der Waals surface area contributed by atoms with Gasteiger partial charge < -0.3 is 10.4 Å². The molecule has 0 bridgehead atoms. The Bertz CT molecular complexity index is 599. The van der Waals surface area contributed by atoms with Crippen molar-refractivity contribution in [3.63, 3.8) is 0 Å². The summed E-state index contributed by atoms with van der Waals surface area (Å²) >= 11 is 6.04. The van der Waals surface area contributed by atoms with E-state index in [0.29, 0.717) is 11.0 Å². The van der Waals surface area contributed by atoms with E-state index in [0.717, 1.165) is 36.6 Å². The van der Waals surface area contributed by atoms with Gasteiger partial charge in [0, 0.05) is 7.05 Å². The molecule has 7 heteroatoms. The largest absolute Gasteiger partial charge is 0.391 e. The van der Waals surface area contributed by atoms with Crippen LogP contribution < -0.4 is 5.32 Å². The molecule has 19 heavy (non-hydrogen) atoms. The molecule has 0 spiro atoms. The highest BCUT2D eigenvalue weighted by atomic mass is 35.5. The Kier molecular flexibility index (Phi) is 3.28. The number of aryl methyl sites for hydroxylation is 1. The summed E-state index contributed by atoms with van der Waals surface area (Å²) in [5.41, 5.74) is 0.754. The van der Waals surface area contributed by atoms with E-state index >= 15 is 0 Å². The van der Waals surface area contributed by atoms with Gasteiger partial charge in [-0.1, -0.05) is 24.4 Å². The lowest BCUT2D eigenvalue weighted by Gasteiger charge is -2.28. The van der Waals surface area contributed by atoms with Crippen LogP contribution in [0.5, 0.6) is 0 Å². The molecule has 102 valence electrons. The van der Waals surface area contributed by atoms with Crippen molar-refractivity contribution in [3.05, 3.63) is 11.3 Å². The minimum atomic E-state index is -0.335. The van der Waals surface area contributed by atoms with E-state index in [1.807, 2.05) is 7.05 Å². The fourth-order valence-corrected chi connectivity index (χ4v) is 2.87. The number of nitrogens with zero attached hydrogens (tertiary/aromatic N) is 4. The monoisotopic (exact) mass is 281 g/mol. The first-order chi connectivity index (χ1) is 9.16. The molecule has 3 rings (SSSR count). The van der Waals surface area contributed by atoms with Gasteiger partial charge in [0.25, 0.3) is 0 Å². The molecule has 0 radical (unpaired) electrons. The van der Waals surface area contributed by atoms with E-state index in [2.05, 4.69) is 20.6 Å². The summed E-state index contributed by atoms with van der Waals surface area (Å²) in [6.07, 6.45) is 5.34. The number of anilines is 1. The average molecular weight is 282 g/mol. The number of hydrogen-bond acceptors (Lipinski definition) is 5. The first kappa shape index (κ1) is 12.6. The predicted molar refractivity (Wildman–Crippen MR) is 73.2 cm³/mol. The van der Waals surface area contributed by atoms with E-state index in [1.165, 1.54) is 0 Å². The maximum absolute atomic E-state index is 10.0. The minimum absolute atomic E-state index is 0.0210. The first-order valence-electron chi connectivity index (χ1n) is 6.45. The Morgan fingerprint density at radius 2 is 2.16 bits per heavy atom. The molecule has 2 heterocycles. The third-order valence-corrected chi connectivity index (χ3v) is 3.93. The van der Waals surface area contributed by atoms with Gasteiger partial charge in [0.15, 0.2) is 11.0 Å². The molecule has 0 aromatic carbocycles. The molecule has 0 amide bonds. The van der Waals surface area contributed by atoms with Gasteiger partial charge in [0.05, 0.1) is 23.7 Å². The Labute approximate surface area is 115 Å². The standard InChI is InChI=1S/C12H16ClN5O/c1-18-10-7(6-14-18)12(17-16-11(10)13)15-8-4-2-3-5-9(8)19/h6,8-9,19H,2-5H2,1H3,(H,15,17)/t8-,9-/m1/s1. The van der Waals surface area contributed by atoms with E-state index in [1.54, 1.807) is 10.9 Å². The van der Waals surface area contributed by atoms with Crippen LogP contribution >= 0.6 is 11.6 Å². The van der Waals surface area contributed by atoms with Crippen molar-refractivity contribution in [1.29, 1.82) is 0 Å². The first-order valence-corrected chi connectivity index (χ1v) is 6.83. The van der Waals surface area contributed by atoms with Crippen LogP contribution in [0.1, 0.15) is 25.7 Å². The zero-order chi connectivity index (χ0) is 13.4. The summed E-state index contributed by atoms with van der Waals surface area (Å²) in [4.78, 5) is 0. The van der Waals surface area contributed by atoms with E-state index < -0.39 is 0 Å². The maximum Gasteiger partial charge on any atom is 0.177 e. The lowest BCUT2D eigenvalue weighted by Crippen LogP contribution is -2.36. The maximum atomic E-state index is 10.0. The normalized spacial score (nSPS) is 23.7. The lowest BCUT2D eigenvalue weighted by molar-refractivity contribution is 0.116. The molecule has 1 fully saturated rings. The molecule has 1 saturated carbocycles. The quantitative estimate of drug-likeness (QED) is 0.877. The zero-order valence-electron chi connectivity index (χ0n) is 10.7. The van der Waals surface area contributed by atoms with Crippen LogP contribution in [0.4, 0.5) is 5.82 Å². The Morgan fingerprint density at radius 3 is 2.95 bits per heavy atom. The number of halogens is 1. The number of fused-ring (bicyclic) bond motifs is 1. The van der Waals surface area contributed by atoms with Gasteiger partial charge in [0.1, 0.15) is 5.52 Å². The van der Waals surface area contributed by atoms with Gasteiger partial charge in [0.2, 0.25) is 0 Å². The van der Waals surface area contributed by atoms with Gasteiger partial charge in [-0.15, -0.1) is 10.2 Å². The Hall–Kier alpha value is -1.40. The SMILES string of the molecule is Cn1ncc2c(N[C@@H]3CCCC[C@H]3O)nnc(Cl)c21. The highest BCUT2D eigenvalue weighted by Gasteiger charge is 2.24. The number of rotatable bonds is 2. The van der Waals surface area contributed by atoms with Gasteiger partial charge in [-0.25, -0.2) is 0 Å². The van der Waals surface area contributed by atoms with E-state index in [-0.39, 0.29) is 12.1 Å². The number of hydrogen-bond donors (Lipinski definition) is 2. The van der Waals surface area contributed by atoms with Crippen LogP contribution in [-0.2, 0) is 7.05 Å². The smallest absolute Gasteiger partial charge is 0.177 e. The molecule has 1 aliphatic carbocycles. The second-order valence-electron chi connectivity index (χ2n) is 4.97. The van der Waals surface area contributed by atoms with Crippen LogP contribution in [0.25, 0.3) is 10.9 Å². The van der Waals surface area contributed by atoms with Gasteiger partial charge >= 0.3 is 0 Å². The second kappa shape index (κ2) is 4.94. The van der Waals surface area contributed by atoms with Crippen molar-refractivity contribution in [2.75, 3.05) is 5.32 Å². The fourth-order valence-electron chi connectivity index (χ4n) is 2.61.